The van der Waals surface area contributed by atoms with Gasteiger partial charge in [0.15, 0.2) is 0 Å². The summed E-state index contributed by atoms with van der Waals surface area (Å²) in [6.45, 7) is 3.81. The van der Waals surface area contributed by atoms with Crippen LogP contribution in [0.2, 0.25) is 0 Å². The van der Waals surface area contributed by atoms with Crippen LogP contribution in [0.5, 0.6) is 0 Å². The third-order valence-electron chi connectivity index (χ3n) is 2.59. The average molecular weight is 277 g/mol. The van der Waals surface area contributed by atoms with E-state index in [4.69, 9.17) is 9.15 Å². The van der Waals surface area contributed by atoms with Gasteiger partial charge in [-0.15, -0.1) is 11.8 Å². The lowest BCUT2D eigenvalue weighted by Crippen LogP contribution is -2.04. The minimum atomic E-state index is -0.472. The standard InChI is InChI=1S/C14H15NO3S/c1-4-17-14(16)12-9(2)15-13(18-12)10-7-5-6-8-11(10)19-3/h5-8H,4H2,1-3H3. The van der Waals surface area contributed by atoms with Crippen molar-refractivity contribution in [2.45, 2.75) is 18.7 Å². The maximum absolute atomic E-state index is 11.7. The topological polar surface area (TPSA) is 52.3 Å². The number of esters is 1. The molecule has 0 N–H and O–H groups in total. The smallest absolute Gasteiger partial charge is 0.376 e. The van der Waals surface area contributed by atoms with Crippen molar-refractivity contribution in [1.29, 1.82) is 0 Å². The molecule has 19 heavy (non-hydrogen) atoms. The molecule has 0 aliphatic carbocycles. The van der Waals surface area contributed by atoms with E-state index >= 15 is 0 Å². The lowest BCUT2D eigenvalue weighted by atomic mass is 10.2. The van der Waals surface area contributed by atoms with Gasteiger partial charge in [0.2, 0.25) is 11.7 Å². The number of hydrogen-bond donors (Lipinski definition) is 0. The second kappa shape index (κ2) is 5.93. The highest BCUT2D eigenvalue weighted by molar-refractivity contribution is 7.98. The maximum Gasteiger partial charge on any atom is 0.376 e. The predicted molar refractivity (Wildman–Crippen MR) is 74.4 cm³/mol. The Morgan fingerprint density at radius 2 is 2.16 bits per heavy atom. The van der Waals surface area contributed by atoms with Gasteiger partial charge in [-0.3, -0.25) is 0 Å². The molecule has 0 bridgehead atoms. The number of oxazole rings is 1. The molecule has 2 rings (SSSR count). The Kier molecular flexibility index (Phi) is 4.27. The number of aryl methyl sites for hydroxylation is 1. The first-order chi connectivity index (χ1) is 9.17. The van der Waals surface area contributed by atoms with Crippen molar-refractivity contribution in [3.05, 3.63) is 35.7 Å². The van der Waals surface area contributed by atoms with Crippen LogP contribution in [0.25, 0.3) is 11.5 Å². The van der Waals surface area contributed by atoms with Gasteiger partial charge in [-0.1, -0.05) is 12.1 Å². The number of thioether (sulfide) groups is 1. The van der Waals surface area contributed by atoms with E-state index in [9.17, 15) is 4.79 Å². The second-order valence-corrected chi connectivity index (χ2v) is 4.70. The van der Waals surface area contributed by atoms with Crippen molar-refractivity contribution in [1.82, 2.24) is 4.98 Å². The van der Waals surface area contributed by atoms with Crippen molar-refractivity contribution in [3.63, 3.8) is 0 Å². The van der Waals surface area contributed by atoms with Crippen molar-refractivity contribution in [2.24, 2.45) is 0 Å². The number of aromatic nitrogens is 1. The monoisotopic (exact) mass is 277 g/mol. The largest absolute Gasteiger partial charge is 0.460 e. The molecule has 0 aliphatic heterocycles. The van der Waals surface area contributed by atoms with E-state index in [1.54, 1.807) is 25.6 Å². The van der Waals surface area contributed by atoms with Gasteiger partial charge >= 0.3 is 5.97 Å². The zero-order chi connectivity index (χ0) is 13.8. The van der Waals surface area contributed by atoms with Gasteiger partial charge < -0.3 is 9.15 Å². The first-order valence-electron chi connectivity index (χ1n) is 5.95. The number of carbonyl (C=O) groups is 1. The maximum atomic E-state index is 11.7. The van der Waals surface area contributed by atoms with Crippen LogP contribution >= 0.6 is 11.8 Å². The summed E-state index contributed by atoms with van der Waals surface area (Å²) < 4.78 is 10.5. The Morgan fingerprint density at radius 1 is 1.42 bits per heavy atom. The molecular weight excluding hydrogens is 262 g/mol. The molecule has 0 amide bonds. The molecule has 1 aromatic carbocycles. The van der Waals surface area contributed by atoms with Crippen molar-refractivity contribution < 1.29 is 13.9 Å². The van der Waals surface area contributed by atoms with E-state index in [0.29, 0.717) is 18.2 Å². The van der Waals surface area contributed by atoms with Gasteiger partial charge in [-0.05, 0) is 32.2 Å². The summed E-state index contributed by atoms with van der Waals surface area (Å²) >= 11 is 1.61. The highest BCUT2D eigenvalue weighted by atomic mass is 32.2. The number of ether oxygens (including phenoxy) is 1. The second-order valence-electron chi connectivity index (χ2n) is 3.85. The highest BCUT2D eigenvalue weighted by Crippen LogP contribution is 2.30. The van der Waals surface area contributed by atoms with Gasteiger partial charge in [0.25, 0.3) is 0 Å². The molecule has 4 nitrogen and oxygen atoms in total. The van der Waals surface area contributed by atoms with Gasteiger partial charge in [0.1, 0.15) is 0 Å². The Morgan fingerprint density at radius 3 is 2.84 bits per heavy atom. The molecule has 0 saturated heterocycles. The lowest BCUT2D eigenvalue weighted by Gasteiger charge is -2.02. The van der Waals surface area contributed by atoms with Crippen molar-refractivity contribution >= 4 is 17.7 Å². The van der Waals surface area contributed by atoms with E-state index in [1.165, 1.54) is 0 Å². The van der Waals surface area contributed by atoms with Crippen LogP contribution < -0.4 is 0 Å². The van der Waals surface area contributed by atoms with Crippen LogP contribution in [-0.4, -0.2) is 23.8 Å². The SMILES string of the molecule is CCOC(=O)c1oc(-c2ccccc2SC)nc1C. The van der Waals surface area contributed by atoms with Crippen LogP contribution in [0, 0.1) is 6.92 Å². The Bertz CT molecular complexity index is 592. The number of nitrogens with zero attached hydrogens (tertiary/aromatic N) is 1. The zero-order valence-corrected chi connectivity index (χ0v) is 11.9. The number of benzene rings is 1. The Hall–Kier alpha value is -1.75. The summed E-state index contributed by atoms with van der Waals surface area (Å²) in [6, 6.07) is 7.78. The van der Waals surface area contributed by atoms with Crippen LogP contribution in [0.1, 0.15) is 23.2 Å². The Labute approximate surface area is 116 Å². The minimum absolute atomic E-state index is 0.174. The van der Waals surface area contributed by atoms with E-state index in [-0.39, 0.29) is 5.76 Å². The zero-order valence-electron chi connectivity index (χ0n) is 11.1. The molecule has 0 unspecified atom stereocenters. The van der Waals surface area contributed by atoms with Crippen molar-refractivity contribution in [3.8, 4) is 11.5 Å². The van der Waals surface area contributed by atoms with Crippen LogP contribution in [-0.2, 0) is 4.74 Å². The fourth-order valence-corrected chi connectivity index (χ4v) is 2.31. The molecular formula is C14H15NO3S. The number of carbonyl (C=O) groups excluding carboxylic acids is 1. The van der Waals surface area contributed by atoms with Crippen molar-refractivity contribution in [2.75, 3.05) is 12.9 Å². The summed E-state index contributed by atoms with van der Waals surface area (Å²) in [6.07, 6.45) is 1.99. The molecule has 0 fully saturated rings. The molecule has 2 aromatic rings. The quantitative estimate of drug-likeness (QED) is 0.632. The molecule has 0 atom stereocenters. The summed E-state index contributed by atoms with van der Waals surface area (Å²) in [4.78, 5) is 17.1. The first-order valence-corrected chi connectivity index (χ1v) is 7.17. The van der Waals surface area contributed by atoms with E-state index < -0.39 is 5.97 Å². The highest BCUT2D eigenvalue weighted by Gasteiger charge is 2.20. The average Bonchev–Trinajstić information content (AvgIpc) is 2.81. The van der Waals surface area contributed by atoms with E-state index in [0.717, 1.165) is 10.5 Å². The minimum Gasteiger partial charge on any atom is -0.460 e. The predicted octanol–water partition coefficient (Wildman–Crippen LogP) is 3.55. The summed E-state index contributed by atoms with van der Waals surface area (Å²) in [7, 11) is 0. The normalized spacial score (nSPS) is 10.5. The van der Waals surface area contributed by atoms with Gasteiger partial charge in [-0.25, -0.2) is 9.78 Å². The third-order valence-corrected chi connectivity index (χ3v) is 3.39. The Balaban J connectivity index is 2.42. The molecule has 0 spiro atoms. The summed E-state index contributed by atoms with van der Waals surface area (Å²) in [5.74, 6) is 0.152. The molecule has 0 saturated carbocycles. The molecule has 1 heterocycles. The number of rotatable bonds is 4. The van der Waals surface area contributed by atoms with Gasteiger partial charge in [0.05, 0.1) is 17.9 Å². The first kappa shape index (κ1) is 13.7. The molecule has 100 valence electrons. The molecule has 5 heteroatoms. The van der Waals surface area contributed by atoms with Crippen LogP contribution in [0.4, 0.5) is 0 Å². The fraction of sp³-hybridized carbons (Fsp3) is 0.286. The van der Waals surface area contributed by atoms with E-state index in [2.05, 4.69) is 4.98 Å². The van der Waals surface area contributed by atoms with Gasteiger partial charge in [-0.2, -0.15) is 0 Å². The molecule has 0 radical (unpaired) electrons. The van der Waals surface area contributed by atoms with Crippen LogP contribution in [0.3, 0.4) is 0 Å². The fourth-order valence-electron chi connectivity index (χ4n) is 1.72. The summed E-state index contributed by atoms with van der Waals surface area (Å²) in [5, 5.41) is 0. The molecule has 0 aliphatic rings. The summed E-state index contributed by atoms with van der Waals surface area (Å²) in [5.41, 5.74) is 1.43. The van der Waals surface area contributed by atoms with E-state index in [1.807, 2.05) is 30.5 Å². The van der Waals surface area contributed by atoms with Crippen LogP contribution in [0.15, 0.2) is 33.6 Å². The molecule has 1 aromatic heterocycles. The van der Waals surface area contributed by atoms with Gasteiger partial charge in [0, 0.05) is 4.90 Å². The third kappa shape index (κ3) is 2.81. The number of hydrogen-bond acceptors (Lipinski definition) is 5. The lowest BCUT2D eigenvalue weighted by molar-refractivity contribution is 0.0490.